The predicted octanol–water partition coefficient (Wildman–Crippen LogP) is 2.09. The molecule has 0 fully saturated rings. The van der Waals surface area contributed by atoms with Gasteiger partial charge in [0.05, 0.1) is 19.3 Å². The van der Waals surface area contributed by atoms with Gasteiger partial charge in [-0.15, -0.1) is 0 Å². The molecule has 0 spiro atoms. The van der Waals surface area contributed by atoms with Crippen LogP contribution in [0.1, 0.15) is 53.2 Å². The minimum absolute atomic E-state index is 0.177. The van der Waals surface area contributed by atoms with Crippen molar-refractivity contribution >= 4 is 18.0 Å². The lowest BCUT2D eigenvalue weighted by Gasteiger charge is -2.28. The van der Waals surface area contributed by atoms with Crippen LogP contribution in [-0.2, 0) is 23.8 Å². The van der Waals surface area contributed by atoms with Crippen molar-refractivity contribution in [1.29, 1.82) is 0 Å². The number of hydrogen-bond acceptors (Lipinski definition) is 7. The number of alkyl carbamates (subject to hydrolysis) is 1. The maximum Gasteiger partial charge on any atom is 0.408 e. The fourth-order valence-corrected chi connectivity index (χ4v) is 2.46. The molecule has 174 valence electrons. The lowest BCUT2D eigenvalue weighted by atomic mass is 10.0. The van der Waals surface area contributed by atoms with E-state index in [2.05, 4.69) is 10.6 Å². The summed E-state index contributed by atoms with van der Waals surface area (Å²) in [5, 5.41) is 15.6. The average molecular weight is 439 g/mol. The molecule has 1 aromatic carbocycles. The van der Waals surface area contributed by atoms with E-state index in [0.29, 0.717) is 5.56 Å². The quantitative estimate of drug-likeness (QED) is 0.531. The number of carbonyl (C=O) groups is 3. The summed E-state index contributed by atoms with van der Waals surface area (Å²) >= 11 is 0. The number of esters is 1. The molecule has 0 saturated carbocycles. The van der Waals surface area contributed by atoms with Gasteiger partial charge in [0.25, 0.3) is 0 Å². The molecule has 9 nitrogen and oxygen atoms in total. The number of benzene rings is 1. The zero-order chi connectivity index (χ0) is 23.8. The van der Waals surface area contributed by atoms with Gasteiger partial charge in [-0.2, -0.15) is 0 Å². The third kappa shape index (κ3) is 9.80. The molecule has 0 aliphatic heterocycles. The highest BCUT2D eigenvalue weighted by Crippen LogP contribution is 2.18. The molecule has 0 radical (unpaired) electrons. The monoisotopic (exact) mass is 438 g/mol. The normalized spacial score (nSPS) is 14.7. The Morgan fingerprint density at radius 1 is 0.968 bits per heavy atom. The van der Waals surface area contributed by atoms with Gasteiger partial charge in [0.15, 0.2) is 6.04 Å². The van der Waals surface area contributed by atoms with Crippen molar-refractivity contribution in [1.82, 2.24) is 10.6 Å². The summed E-state index contributed by atoms with van der Waals surface area (Å²) < 4.78 is 15.6. The maximum atomic E-state index is 12.9. The first-order chi connectivity index (χ1) is 14.2. The predicted molar refractivity (Wildman–Crippen MR) is 114 cm³/mol. The molecule has 0 heterocycles. The van der Waals surface area contributed by atoms with Crippen LogP contribution in [0.5, 0.6) is 0 Å². The van der Waals surface area contributed by atoms with E-state index in [1.54, 1.807) is 71.9 Å². The molecule has 3 N–H and O–H groups in total. The standard InChI is InChI=1S/C22H34N2O7/c1-21(2,3)30-13-15(23-20(28)31-22(4,5)6)18(26)24-16(19(27)29-7)17(25)14-11-9-8-10-12-14/h8-12,15-17,25H,13H2,1-7H3,(H,23,28)(H,24,26). The van der Waals surface area contributed by atoms with E-state index in [1.807, 2.05) is 0 Å². The third-order valence-electron chi connectivity index (χ3n) is 3.90. The van der Waals surface area contributed by atoms with Crippen LogP contribution >= 0.6 is 0 Å². The van der Waals surface area contributed by atoms with Crippen LogP contribution in [0.4, 0.5) is 4.79 Å². The number of aliphatic hydroxyl groups is 1. The van der Waals surface area contributed by atoms with Crippen molar-refractivity contribution in [2.24, 2.45) is 0 Å². The van der Waals surface area contributed by atoms with Gasteiger partial charge in [-0.3, -0.25) is 4.79 Å². The Balaban J connectivity index is 3.04. The van der Waals surface area contributed by atoms with Crippen LogP contribution in [0.15, 0.2) is 30.3 Å². The zero-order valence-electron chi connectivity index (χ0n) is 19.2. The molecule has 31 heavy (non-hydrogen) atoms. The Hall–Kier alpha value is -2.65. The number of aliphatic hydroxyl groups excluding tert-OH is 1. The number of carbonyl (C=O) groups excluding carboxylic acids is 3. The van der Waals surface area contributed by atoms with Gasteiger partial charge in [0.2, 0.25) is 5.91 Å². The highest BCUT2D eigenvalue weighted by Gasteiger charge is 2.34. The maximum absolute atomic E-state index is 12.9. The minimum Gasteiger partial charge on any atom is -0.467 e. The van der Waals surface area contributed by atoms with E-state index in [9.17, 15) is 19.5 Å². The van der Waals surface area contributed by atoms with Gasteiger partial charge in [0, 0.05) is 0 Å². The van der Waals surface area contributed by atoms with E-state index >= 15 is 0 Å². The average Bonchev–Trinajstić information content (AvgIpc) is 2.66. The Kier molecular flexibility index (Phi) is 9.45. The van der Waals surface area contributed by atoms with Crippen LogP contribution in [-0.4, -0.2) is 60.1 Å². The van der Waals surface area contributed by atoms with Crippen LogP contribution < -0.4 is 10.6 Å². The van der Waals surface area contributed by atoms with E-state index in [1.165, 1.54) is 0 Å². The van der Waals surface area contributed by atoms with Crippen molar-refractivity contribution in [3.05, 3.63) is 35.9 Å². The highest BCUT2D eigenvalue weighted by atomic mass is 16.6. The van der Waals surface area contributed by atoms with E-state index in [0.717, 1.165) is 7.11 Å². The van der Waals surface area contributed by atoms with E-state index < -0.39 is 47.4 Å². The first kappa shape index (κ1) is 26.4. The molecule has 1 rings (SSSR count). The van der Waals surface area contributed by atoms with Crippen molar-refractivity contribution in [2.45, 2.75) is 70.9 Å². The molecule has 3 atom stereocenters. The molecular formula is C22H34N2O7. The number of hydrogen-bond donors (Lipinski definition) is 3. The van der Waals surface area contributed by atoms with Crippen molar-refractivity contribution < 1.29 is 33.7 Å². The van der Waals surface area contributed by atoms with Gasteiger partial charge in [-0.25, -0.2) is 9.59 Å². The number of nitrogens with one attached hydrogen (secondary N) is 2. The fourth-order valence-electron chi connectivity index (χ4n) is 2.46. The largest absolute Gasteiger partial charge is 0.467 e. The van der Waals surface area contributed by atoms with Crippen LogP contribution in [0, 0.1) is 0 Å². The third-order valence-corrected chi connectivity index (χ3v) is 3.90. The first-order valence-corrected chi connectivity index (χ1v) is 9.98. The molecule has 1 aromatic rings. The highest BCUT2D eigenvalue weighted by molar-refractivity contribution is 5.90. The van der Waals surface area contributed by atoms with Crippen molar-refractivity contribution in [3.63, 3.8) is 0 Å². The second kappa shape index (κ2) is 11.1. The molecule has 2 amide bonds. The summed E-state index contributed by atoms with van der Waals surface area (Å²) in [4.78, 5) is 37.4. The van der Waals surface area contributed by atoms with Crippen LogP contribution in [0.25, 0.3) is 0 Å². The minimum atomic E-state index is -1.39. The molecule has 0 saturated heterocycles. The van der Waals surface area contributed by atoms with Gasteiger partial charge in [0.1, 0.15) is 17.7 Å². The molecular weight excluding hydrogens is 404 g/mol. The SMILES string of the molecule is COC(=O)C(NC(=O)C(COC(C)(C)C)NC(=O)OC(C)(C)C)C(O)c1ccccc1. The lowest BCUT2D eigenvalue weighted by molar-refractivity contribution is -0.149. The topological polar surface area (TPSA) is 123 Å². The van der Waals surface area contributed by atoms with Gasteiger partial charge >= 0.3 is 12.1 Å². The Bertz CT molecular complexity index is 738. The van der Waals surface area contributed by atoms with Crippen LogP contribution in [0.2, 0.25) is 0 Å². The lowest BCUT2D eigenvalue weighted by Crippen LogP contribution is -2.56. The summed E-state index contributed by atoms with van der Waals surface area (Å²) in [6, 6.07) is 5.81. The van der Waals surface area contributed by atoms with Gasteiger partial charge < -0.3 is 30.0 Å². The Labute approximate surface area is 183 Å². The molecule has 0 aliphatic rings. The number of rotatable bonds is 8. The fraction of sp³-hybridized carbons (Fsp3) is 0.591. The second-order valence-corrected chi connectivity index (χ2v) is 8.99. The second-order valence-electron chi connectivity index (χ2n) is 8.99. The van der Waals surface area contributed by atoms with Crippen molar-refractivity contribution in [3.8, 4) is 0 Å². The van der Waals surface area contributed by atoms with Gasteiger partial charge in [-0.05, 0) is 47.1 Å². The van der Waals surface area contributed by atoms with Gasteiger partial charge in [-0.1, -0.05) is 30.3 Å². The smallest absolute Gasteiger partial charge is 0.408 e. The number of ether oxygens (including phenoxy) is 3. The zero-order valence-corrected chi connectivity index (χ0v) is 19.2. The number of amides is 2. The Morgan fingerprint density at radius 2 is 1.55 bits per heavy atom. The summed E-state index contributed by atoms with van der Waals surface area (Å²) in [5.74, 6) is -1.57. The molecule has 0 aromatic heterocycles. The Morgan fingerprint density at radius 3 is 2.03 bits per heavy atom. The summed E-state index contributed by atoms with van der Waals surface area (Å²) in [5.41, 5.74) is -0.936. The van der Waals surface area contributed by atoms with Crippen molar-refractivity contribution in [2.75, 3.05) is 13.7 Å². The van der Waals surface area contributed by atoms with Crippen LogP contribution in [0.3, 0.4) is 0 Å². The molecule has 9 heteroatoms. The summed E-state index contributed by atoms with van der Waals surface area (Å²) in [6.07, 6.45) is -2.17. The molecule has 0 bridgehead atoms. The molecule has 3 unspecified atom stereocenters. The molecule has 0 aliphatic carbocycles. The summed E-state index contributed by atoms with van der Waals surface area (Å²) in [7, 11) is 1.15. The number of methoxy groups -OCH3 is 1. The summed E-state index contributed by atoms with van der Waals surface area (Å²) in [6.45, 7) is 10.3. The van der Waals surface area contributed by atoms with E-state index in [-0.39, 0.29) is 6.61 Å². The first-order valence-electron chi connectivity index (χ1n) is 9.98. The van der Waals surface area contributed by atoms with E-state index in [4.69, 9.17) is 14.2 Å².